The lowest BCUT2D eigenvalue weighted by Crippen LogP contribution is -2.39. The van der Waals surface area contributed by atoms with Crippen LogP contribution in [0.4, 0.5) is 0 Å². The van der Waals surface area contributed by atoms with Crippen molar-refractivity contribution in [2.45, 2.75) is 6.23 Å². The molecule has 0 unspecified atom stereocenters. The number of ether oxygens (including phenoxy) is 2. The van der Waals surface area contributed by atoms with Crippen LogP contribution < -0.4 is 14.8 Å². The third-order valence-corrected chi connectivity index (χ3v) is 1.83. The van der Waals surface area contributed by atoms with Crippen molar-refractivity contribution in [3.05, 3.63) is 24.3 Å². The topological polar surface area (TPSA) is 30.5 Å². The maximum atomic E-state index is 5.54. The van der Waals surface area contributed by atoms with Crippen molar-refractivity contribution in [3.63, 3.8) is 0 Å². The highest BCUT2D eigenvalue weighted by molar-refractivity contribution is 5.40. The van der Waals surface area contributed by atoms with Crippen LogP contribution in [0.15, 0.2) is 24.3 Å². The van der Waals surface area contributed by atoms with Crippen molar-refractivity contribution in [3.8, 4) is 11.5 Å². The van der Waals surface area contributed by atoms with Crippen LogP contribution in [0.1, 0.15) is 0 Å². The minimum Gasteiger partial charge on any atom is -0.484 e. The fraction of sp³-hybridized carbons (Fsp3) is 0.333. The first kappa shape index (κ1) is 7.43. The van der Waals surface area contributed by atoms with Crippen molar-refractivity contribution in [1.82, 2.24) is 5.32 Å². The predicted molar refractivity (Wildman–Crippen MR) is 45.4 cm³/mol. The zero-order chi connectivity index (χ0) is 8.39. The monoisotopic (exact) mass is 165 g/mol. The third-order valence-electron chi connectivity index (χ3n) is 1.83. The standard InChI is InChI=1S/C9H11NO2/c1-10-9-6-11-7-4-2-3-5-8(7)12-9/h2-5,9-10H,6H2,1H3/t9-/m0/s1. The first-order chi connectivity index (χ1) is 5.90. The Bertz CT molecular complexity index is 275. The summed E-state index contributed by atoms with van der Waals surface area (Å²) in [5.74, 6) is 1.63. The molecule has 1 N–H and O–H groups in total. The molecule has 0 aromatic heterocycles. The van der Waals surface area contributed by atoms with Gasteiger partial charge >= 0.3 is 0 Å². The van der Waals surface area contributed by atoms with Crippen LogP contribution in [-0.4, -0.2) is 19.9 Å². The van der Waals surface area contributed by atoms with E-state index in [0.717, 1.165) is 11.5 Å². The molecule has 2 rings (SSSR count). The minimum absolute atomic E-state index is 0.0279. The Morgan fingerprint density at radius 3 is 2.83 bits per heavy atom. The van der Waals surface area contributed by atoms with Crippen LogP contribution in [0.25, 0.3) is 0 Å². The van der Waals surface area contributed by atoms with Crippen molar-refractivity contribution in [2.75, 3.05) is 13.7 Å². The molecule has 0 spiro atoms. The molecule has 0 bridgehead atoms. The summed E-state index contributed by atoms with van der Waals surface area (Å²) in [6, 6.07) is 7.67. The second kappa shape index (κ2) is 3.03. The molecule has 1 aromatic rings. The molecule has 64 valence electrons. The number of para-hydroxylation sites is 2. The van der Waals surface area contributed by atoms with E-state index in [9.17, 15) is 0 Å². The van der Waals surface area contributed by atoms with E-state index in [2.05, 4.69) is 5.32 Å². The Balaban J connectivity index is 2.23. The van der Waals surface area contributed by atoms with Crippen LogP contribution in [0.2, 0.25) is 0 Å². The van der Waals surface area contributed by atoms with E-state index in [4.69, 9.17) is 9.47 Å². The fourth-order valence-electron chi connectivity index (χ4n) is 1.16. The molecule has 1 atom stereocenters. The van der Waals surface area contributed by atoms with Gasteiger partial charge in [-0.05, 0) is 19.2 Å². The summed E-state index contributed by atoms with van der Waals surface area (Å²) in [6.07, 6.45) is -0.0279. The maximum absolute atomic E-state index is 5.54. The van der Waals surface area contributed by atoms with Gasteiger partial charge in [0.25, 0.3) is 0 Å². The van der Waals surface area contributed by atoms with Gasteiger partial charge in [-0.2, -0.15) is 0 Å². The Morgan fingerprint density at radius 1 is 1.33 bits per heavy atom. The van der Waals surface area contributed by atoms with E-state index in [-0.39, 0.29) is 6.23 Å². The number of nitrogens with one attached hydrogen (secondary N) is 1. The summed E-state index contributed by atoms with van der Waals surface area (Å²) in [4.78, 5) is 0. The summed E-state index contributed by atoms with van der Waals surface area (Å²) in [7, 11) is 1.85. The number of hydrogen-bond donors (Lipinski definition) is 1. The highest BCUT2D eigenvalue weighted by Crippen LogP contribution is 2.29. The molecule has 0 saturated heterocycles. The lowest BCUT2D eigenvalue weighted by atomic mass is 10.3. The Kier molecular flexibility index (Phi) is 1.87. The Hall–Kier alpha value is -1.22. The molecule has 0 fully saturated rings. The highest BCUT2D eigenvalue weighted by atomic mass is 16.6. The predicted octanol–water partition coefficient (Wildman–Crippen LogP) is 1.00. The second-order valence-electron chi connectivity index (χ2n) is 2.65. The van der Waals surface area contributed by atoms with Gasteiger partial charge in [0.2, 0.25) is 0 Å². The number of hydrogen-bond acceptors (Lipinski definition) is 3. The Morgan fingerprint density at radius 2 is 2.08 bits per heavy atom. The van der Waals surface area contributed by atoms with Crippen molar-refractivity contribution in [2.24, 2.45) is 0 Å². The van der Waals surface area contributed by atoms with E-state index in [0.29, 0.717) is 6.61 Å². The van der Waals surface area contributed by atoms with Crippen LogP contribution in [0.3, 0.4) is 0 Å². The molecule has 0 saturated carbocycles. The van der Waals surface area contributed by atoms with Gasteiger partial charge in [-0.1, -0.05) is 12.1 Å². The summed E-state index contributed by atoms with van der Waals surface area (Å²) < 4.78 is 11.0. The molecule has 1 aliphatic rings. The van der Waals surface area contributed by atoms with Gasteiger partial charge in [0, 0.05) is 0 Å². The highest BCUT2D eigenvalue weighted by Gasteiger charge is 2.17. The van der Waals surface area contributed by atoms with Crippen molar-refractivity contribution >= 4 is 0 Å². The average molecular weight is 165 g/mol. The molecule has 0 aliphatic carbocycles. The molecule has 1 heterocycles. The lowest BCUT2D eigenvalue weighted by molar-refractivity contribution is 0.0726. The van der Waals surface area contributed by atoms with Gasteiger partial charge in [-0.25, -0.2) is 0 Å². The van der Waals surface area contributed by atoms with E-state index in [1.54, 1.807) is 0 Å². The van der Waals surface area contributed by atoms with Gasteiger partial charge in [0.1, 0.15) is 6.61 Å². The van der Waals surface area contributed by atoms with E-state index in [1.807, 2.05) is 31.3 Å². The van der Waals surface area contributed by atoms with Gasteiger partial charge in [-0.15, -0.1) is 0 Å². The zero-order valence-electron chi connectivity index (χ0n) is 6.91. The first-order valence-electron chi connectivity index (χ1n) is 3.96. The molecule has 3 nitrogen and oxygen atoms in total. The summed E-state index contributed by atoms with van der Waals surface area (Å²) in [5, 5.41) is 3.00. The molecule has 1 aliphatic heterocycles. The SMILES string of the molecule is CN[C@@H]1COc2ccccc2O1. The van der Waals surface area contributed by atoms with Crippen LogP contribution in [0, 0.1) is 0 Å². The average Bonchev–Trinajstić information content (AvgIpc) is 2.17. The zero-order valence-corrected chi connectivity index (χ0v) is 6.91. The number of fused-ring (bicyclic) bond motifs is 1. The molecule has 3 heteroatoms. The third kappa shape index (κ3) is 1.23. The van der Waals surface area contributed by atoms with E-state index < -0.39 is 0 Å². The Labute approximate surface area is 71.3 Å². The van der Waals surface area contributed by atoms with Crippen LogP contribution in [-0.2, 0) is 0 Å². The fourth-order valence-corrected chi connectivity index (χ4v) is 1.16. The van der Waals surface area contributed by atoms with E-state index >= 15 is 0 Å². The van der Waals surface area contributed by atoms with Crippen molar-refractivity contribution < 1.29 is 9.47 Å². The smallest absolute Gasteiger partial charge is 0.184 e. The first-order valence-corrected chi connectivity index (χ1v) is 3.96. The number of rotatable bonds is 1. The largest absolute Gasteiger partial charge is 0.484 e. The summed E-state index contributed by atoms with van der Waals surface area (Å²) >= 11 is 0. The number of benzene rings is 1. The molecule has 0 radical (unpaired) electrons. The quantitative estimate of drug-likeness (QED) is 0.673. The molecule has 0 amide bonds. The lowest BCUT2D eigenvalue weighted by Gasteiger charge is -2.25. The maximum Gasteiger partial charge on any atom is 0.184 e. The number of likely N-dealkylation sites (N-methyl/N-ethyl adjacent to an activating group) is 1. The summed E-state index contributed by atoms with van der Waals surface area (Å²) in [5.41, 5.74) is 0. The van der Waals surface area contributed by atoms with Gasteiger partial charge in [-0.3, -0.25) is 5.32 Å². The van der Waals surface area contributed by atoms with Crippen LogP contribution in [0.5, 0.6) is 11.5 Å². The minimum atomic E-state index is -0.0279. The van der Waals surface area contributed by atoms with E-state index in [1.165, 1.54) is 0 Å². The molecule has 1 aromatic carbocycles. The normalized spacial score (nSPS) is 20.6. The molecular formula is C9H11NO2. The van der Waals surface area contributed by atoms with Gasteiger partial charge in [0.05, 0.1) is 0 Å². The van der Waals surface area contributed by atoms with Gasteiger partial charge in [0.15, 0.2) is 17.7 Å². The second-order valence-corrected chi connectivity index (χ2v) is 2.65. The van der Waals surface area contributed by atoms with Crippen molar-refractivity contribution in [1.29, 1.82) is 0 Å². The van der Waals surface area contributed by atoms with Crippen LogP contribution >= 0.6 is 0 Å². The molecular weight excluding hydrogens is 154 g/mol. The van der Waals surface area contributed by atoms with Gasteiger partial charge < -0.3 is 9.47 Å². The molecule has 12 heavy (non-hydrogen) atoms. The summed E-state index contributed by atoms with van der Waals surface area (Å²) in [6.45, 7) is 0.563.